The van der Waals surface area contributed by atoms with E-state index < -0.39 is 132 Å². The molecule has 7 N–H and O–H groups in total. The molecule has 0 aliphatic carbocycles. The monoisotopic (exact) mass is 1020 g/mol. The van der Waals surface area contributed by atoms with Crippen LogP contribution >= 0.6 is 0 Å². The summed E-state index contributed by atoms with van der Waals surface area (Å²) in [5.41, 5.74) is -2.33. The number of hydrogen-bond donors (Lipinski definition) is 7. The summed E-state index contributed by atoms with van der Waals surface area (Å²) in [5, 5.41) is 73.7. The molecule has 408 valence electrons. The van der Waals surface area contributed by atoms with E-state index in [-0.39, 0.29) is 38.1 Å². The van der Waals surface area contributed by atoms with Gasteiger partial charge in [-0.05, 0) is 116 Å². The fraction of sp³-hybridized carbons (Fsp3) is 0.759. The topological polar surface area (TPSA) is 233 Å². The average Bonchev–Trinajstić information content (AvgIpc) is 3.34. The van der Waals surface area contributed by atoms with Crippen molar-refractivity contribution in [3.05, 3.63) is 54.4 Å². The van der Waals surface area contributed by atoms with Crippen LogP contribution in [-0.2, 0) is 33.3 Å². The standard InChI is InChI=1S/C54H87FN4O13/c1-14-42-54(10,67)47(63)34(6)59(12)29-30(2)26-52(8,66)49(32(4)44(33(5)50(65)71-42)41-27-53(9,68-13)48(64)35(7)70-41)72-51-46(62)40(25-31(3)69-51)58(11)24-21-43(60)57-39(28-55)45(61)38-17-15-36(16-18-38)37-19-22-56-23-20-37/h15-20,22-23,30-35,39-42,44-49,51,61-64,66-67H,14,21,24-29H2,1-13H3,(H,57,60)/t30-,31-,32+,33-,34-,35+,39-,40+,41-,42-,44?,45-,46-,47-,48+,49-,51+,52-,53-,54-/m1/s1. The number of halogens is 1. The number of cyclic esters (lactones) is 1. The number of aliphatic hydroxyl groups is 6. The van der Waals surface area contributed by atoms with Crippen LogP contribution in [0.1, 0.15) is 113 Å². The lowest BCUT2D eigenvalue weighted by Crippen LogP contribution is -2.62. The van der Waals surface area contributed by atoms with E-state index in [1.807, 2.05) is 61.9 Å². The van der Waals surface area contributed by atoms with Crippen molar-refractivity contribution >= 4 is 11.9 Å². The van der Waals surface area contributed by atoms with Crippen molar-refractivity contribution in [3.63, 3.8) is 0 Å². The van der Waals surface area contributed by atoms with Gasteiger partial charge in [-0.2, -0.15) is 0 Å². The van der Waals surface area contributed by atoms with Gasteiger partial charge in [0.15, 0.2) is 6.29 Å². The number of nitrogens with zero attached hydrogens (tertiary/aromatic N) is 3. The minimum absolute atomic E-state index is 0.0834. The summed E-state index contributed by atoms with van der Waals surface area (Å²) in [6.07, 6.45) is -6.34. The van der Waals surface area contributed by atoms with Crippen molar-refractivity contribution in [3.8, 4) is 11.1 Å². The number of carbonyl (C=O) groups is 2. The van der Waals surface area contributed by atoms with Crippen LogP contribution in [-0.4, -0.2) is 188 Å². The van der Waals surface area contributed by atoms with E-state index in [1.54, 1.807) is 73.1 Å². The summed E-state index contributed by atoms with van der Waals surface area (Å²) in [6.45, 7) is 17.1. The van der Waals surface area contributed by atoms with Gasteiger partial charge in [-0.1, -0.05) is 52.0 Å². The molecule has 1 unspecified atom stereocenters. The maximum absolute atomic E-state index is 14.6. The van der Waals surface area contributed by atoms with Gasteiger partial charge in [-0.25, -0.2) is 4.39 Å². The van der Waals surface area contributed by atoms with Gasteiger partial charge in [-0.3, -0.25) is 14.6 Å². The van der Waals surface area contributed by atoms with Crippen LogP contribution in [0.15, 0.2) is 48.8 Å². The maximum atomic E-state index is 14.6. The van der Waals surface area contributed by atoms with Crippen molar-refractivity contribution in [2.24, 2.45) is 23.7 Å². The molecule has 1 aromatic heterocycles. The Hall–Kier alpha value is -3.24. The van der Waals surface area contributed by atoms with Crippen molar-refractivity contribution in [1.82, 2.24) is 20.1 Å². The molecule has 20 atom stereocenters. The first-order chi connectivity index (χ1) is 33.7. The fourth-order valence-electron chi connectivity index (χ4n) is 11.8. The van der Waals surface area contributed by atoms with Crippen molar-refractivity contribution in [1.29, 1.82) is 0 Å². The Morgan fingerprint density at radius 3 is 2.19 bits per heavy atom. The van der Waals surface area contributed by atoms with Gasteiger partial charge in [0, 0.05) is 63.4 Å². The zero-order chi connectivity index (χ0) is 53.6. The minimum Gasteiger partial charge on any atom is -0.459 e. The van der Waals surface area contributed by atoms with Gasteiger partial charge in [-0.15, -0.1) is 0 Å². The lowest BCUT2D eigenvalue weighted by molar-refractivity contribution is -0.302. The highest BCUT2D eigenvalue weighted by atomic mass is 19.1. The number of amides is 1. The zero-order valence-corrected chi connectivity index (χ0v) is 44.9. The molecular formula is C54H87FN4O13. The predicted octanol–water partition coefficient (Wildman–Crippen LogP) is 4.18. The summed E-state index contributed by atoms with van der Waals surface area (Å²) in [6, 6.07) is 8.33. The van der Waals surface area contributed by atoms with E-state index in [2.05, 4.69) is 10.3 Å². The molecule has 0 saturated carbocycles. The molecule has 72 heavy (non-hydrogen) atoms. The second kappa shape index (κ2) is 25.1. The molecule has 3 fully saturated rings. The molecule has 2 aromatic rings. The third-order valence-electron chi connectivity index (χ3n) is 16.3. The lowest BCUT2D eigenvalue weighted by atomic mass is 9.68. The van der Waals surface area contributed by atoms with Gasteiger partial charge in [0.2, 0.25) is 5.91 Å². The molecule has 5 rings (SSSR count). The van der Waals surface area contributed by atoms with Gasteiger partial charge < -0.3 is 69.4 Å². The third-order valence-corrected chi connectivity index (χ3v) is 16.3. The molecule has 1 aromatic carbocycles. The smallest absolute Gasteiger partial charge is 0.309 e. The summed E-state index contributed by atoms with van der Waals surface area (Å²) in [7, 11) is 5.08. The number of rotatable bonds is 14. The van der Waals surface area contributed by atoms with Gasteiger partial charge >= 0.3 is 5.97 Å². The van der Waals surface area contributed by atoms with Crippen molar-refractivity contribution in [2.45, 2.75) is 197 Å². The molecule has 0 bridgehead atoms. The molecule has 3 aliphatic heterocycles. The number of aliphatic hydroxyl groups excluding tert-OH is 4. The predicted molar refractivity (Wildman–Crippen MR) is 269 cm³/mol. The number of carbonyl (C=O) groups excluding carboxylic acids is 2. The second-order valence-electron chi connectivity index (χ2n) is 22.1. The van der Waals surface area contributed by atoms with E-state index in [4.69, 9.17) is 23.7 Å². The van der Waals surface area contributed by atoms with Crippen LogP contribution in [0.3, 0.4) is 0 Å². The first-order valence-corrected chi connectivity index (χ1v) is 25.9. The van der Waals surface area contributed by atoms with E-state index in [0.29, 0.717) is 18.5 Å². The quantitative estimate of drug-likeness (QED) is 0.132. The number of methoxy groups -OCH3 is 1. The summed E-state index contributed by atoms with van der Waals surface area (Å²) < 4.78 is 46.4. The van der Waals surface area contributed by atoms with Crippen molar-refractivity contribution < 1.29 is 68.3 Å². The van der Waals surface area contributed by atoms with Crippen LogP contribution in [0.2, 0.25) is 0 Å². The number of benzene rings is 1. The zero-order valence-electron chi connectivity index (χ0n) is 44.9. The van der Waals surface area contributed by atoms with E-state index in [9.17, 15) is 44.6 Å². The second-order valence-corrected chi connectivity index (χ2v) is 22.1. The molecule has 18 heteroatoms. The number of esters is 1. The van der Waals surface area contributed by atoms with Crippen LogP contribution in [0.4, 0.5) is 4.39 Å². The number of ether oxygens (including phenoxy) is 5. The average molecular weight is 1020 g/mol. The molecule has 1 amide bonds. The number of aromatic nitrogens is 1. The molecule has 17 nitrogen and oxygen atoms in total. The number of alkyl halides is 1. The largest absolute Gasteiger partial charge is 0.459 e. The molecular weight excluding hydrogens is 932 g/mol. The van der Waals surface area contributed by atoms with Crippen LogP contribution < -0.4 is 5.32 Å². The van der Waals surface area contributed by atoms with Crippen LogP contribution in [0.25, 0.3) is 11.1 Å². The Morgan fingerprint density at radius 2 is 1.60 bits per heavy atom. The Morgan fingerprint density at radius 1 is 0.972 bits per heavy atom. The third kappa shape index (κ3) is 13.8. The Balaban J connectivity index is 1.41. The highest BCUT2D eigenvalue weighted by Gasteiger charge is 2.55. The molecule has 0 radical (unpaired) electrons. The minimum atomic E-state index is -1.85. The normalized spacial score (nSPS) is 39.8. The summed E-state index contributed by atoms with van der Waals surface area (Å²) in [4.78, 5) is 35.7. The molecule has 4 heterocycles. The first-order valence-electron chi connectivity index (χ1n) is 25.9. The first kappa shape index (κ1) is 59.6. The lowest BCUT2D eigenvalue weighted by Gasteiger charge is -2.51. The van der Waals surface area contributed by atoms with Crippen molar-refractivity contribution in [2.75, 3.05) is 41.0 Å². The maximum Gasteiger partial charge on any atom is 0.309 e. The Bertz CT molecular complexity index is 2020. The van der Waals surface area contributed by atoms with Gasteiger partial charge in [0.25, 0.3) is 0 Å². The summed E-state index contributed by atoms with van der Waals surface area (Å²) >= 11 is 0. The summed E-state index contributed by atoms with van der Waals surface area (Å²) in [5.74, 6) is -3.90. The highest BCUT2D eigenvalue weighted by molar-refractivity contribution is 5.76. The SMILES string of the molecule is CC[C@H]1OC(=O)[C@H](C)C([C@H]2C[C@@](C)(OC)[C@@H](O)[C@H](C)O2)[C@H](C)[C@@H](O[C@@H]2O[C@H](C)C[C@H](N(C)CCC(=O)N[C@H](CF)[C@H](O)c3ccc(-c4ccncc4)cc3)[C@H]2O)[C@](C)(O)C[C@@H](C)CN(C)[C@H](C)[C@@H](O)[C@]1(C)O. The van der Waals surface area contributed by atoms with Gasteiger partial charge in [0.1, 0.15) is 42.8 Å². The molecule has 3 aliphatic rings. The number of likely N-dealkylation sites (N-methyl/N-ethyl adjacent to an activating group) is 2. The molecule has 3 saturated heterocycles. The Kier molecular flexibility index (Phi) is 20.8. The highest BCUT2D eigenvalue weighted by Crippen LogP contribution is 2.45. The van der Waals surface area contributed by atoms with E-state index in [0.717, 1.165) is 11.1 Å². The van der Waals surface area contributed by atoms with E-state index >= 15 is 0 Å². The number of pyridine rings is 1. The van der Waals surface area contributed by atoms with Gasteiger partial charge in [0.05, 0.1) is 47.6 Å². The van der Waals surface area contributed by atoms with E-state index in [1.165, 1.54) is 14.0 Å². The van der Waals surface area contributed by atoms with Crippen LogP contribution in [0, 0.1) is 23.7 Å². The fourth-order valence-corrected chi connectivity index (χ4v) is 11.8. The van der Waals surface area contributed by atoms with Crippen LogP contribution in [0.5, 0.6) is 0 Å². The number of nitrogens with one attached hydrogen (secondary N) is 1. The molecule has 0 spiro atoms. The Labute approximate surface area is 426 Å². The number of hydrogen-bond acceptors (Lipinski definition) is 16.